The van der Waals surface area contributed by atoms with E-state index in [2.05, 4.69) is 37.2 Å². The van der Waals surface area contributed by atoms with Gasteiger partial charge in [-0.1, -0.05) is 57.4 Å². The van der Waals surface area contributed by atoms with Crippen molar-refractivity contribution in [1.82, 2.24) is 0 Å². The number of ether oxygens (including phenoxy) is 1. The van der Waals surface area contributed by atoms with Crippen molar-refractivity contribution in [3.8, 4) is 11.8 Å². The number of hydrogen-bond acceptors (Lipinski definition) is 3. The van der Waals surface area contributed by atoms with Crippen LogP contribution in [-0.4, -0.2) is 5.91 Å². The molecule has 1 amide bonds. The maximum atomic E-state index is 12.5. The summed E-state index contributed by atoms with van der Waals surface area (Å²) in [4.78, 5) is 12.5. The van der Waals surface area contributed by atoms with Crippen LogP contribution in [0.5, 0.6) is 5.75 Å². The van der Waals surface area contributed by atoms with E-state index in [1.54, 1.807) is 24.3 Å². The Morgan fingerprint density at radius 3 is 2.42 bits per heavy atom. The number of nitriles is 1. The molecular formula is C24H17Br2ClN2O2. The summed E-state index contributed by atoms with van der Waals surface area (Å²) in [5.74, 6) is -0.00138. The molecule has 0 atom stereocenters. The third kappa shape index (κ3) is 6.44. The van der Waals surface area contributed by atoms with Crippen molar-refractivity contribution in [3.63, 3.8) is 0 Å². The van der Waals surface area contributed by atoms with Crippen molar-refractivity contribution in [1.29, 1.82) is 5.26 Å². The molecule has 0 fully saturated rings. The number of hydrogen-bond donors (Lipinski definition) is 1. The monoisotopic (exact) mass is 558 g/mol. The number of anilines is 1. The summed E-state index contributed by atoms with van der Waals surface area (Å²) in [6.07, 6.45) is 1.48. The lowest BCUT2D eigenvalue weighted by Gasteiger charge is -2.11. The molecule has 0 radical (unpaired) electrons. The van der Waals surface area contributed by atoms with Gasteiger partial charge < -0.3 is 10.1 Å². The van der Waals surface area contributed by atoms with E-state index in [4.69, 9.17) is 16.3 Å². The van der Waals surface area contributed by atoms with Crippen LogP contribution in [0, 0.1) is 18.3 Å². The Morgan fingerprint density at radius 1 is 1.13 bits per heavy atom. The number of benzene rings is 3. The predicted molar refractivity (Wildman–Crippen MR) is 131 cm³/mol. The summed E-state index contributed by atoms with van der Waals surface area (Å²) in [6.45, 7) is 2.31. The summed E-state index contributed by atoms with van der Waals surface area (Å²) in [5, 5.41) is 12.5. The fourth-order valence-electron chi connectivity index (χ4n) is 2.69. The molecule has 3 aromatic carbocycles. The Bertz CT molecular complexity index is 1140. The highest BCUT2D eigenvalue weighted by Crippen LogP contribution is 2.35. The molecule has 0 spiro atoms. The lowest BCUT2D eigenvalue weighted by atomic mass is 10.1. The van der Waals surface area contributed by atoms with Crippen molar-refractivity contribution >= 4 is 61.1 Å². The lowest BCUT2D eigenvalue weighted by molar-refractivity contribution is -0.112. The van der Waals surface area contributed by atoms with E-state index in [1.807, 2.05) is 49.4 Å². The van der Waals surface area contributed by atoms with Crippen molar-refractivity contribution in [2.45, 2.75) is 13.5 Å². The van der Waals surface area contributed by atoms with Crippen LogP contribution in [0.1, 0.15) is 16.7 Å². The second kappa shape index (κ2) is 10.6. The fraction of sp³-hybridized carbons (Fsp3) is 0.0833. The molecule has 0 bridgehead atoms. The van der Waals surface area contributed by atoms with Gasteiger partial charge in [0.1, 0.15) is 18.2 Å². The van der Waals surface area contributed by atoms with Crippen molar-refractivity contribution < 1.29 is 9.53 Å². The molecule has 0 aliphatic rings. The normalized spacial score (nSPS) is 11.0. The number of carbonyl (C=O) groups excluding carboxylic acids is 1. The highest BCUT2D eigenvalue weighted by Gasteiger charge is 2.13. The van der Waals surface area contributed by atoms with E-state index < -0.39 is 5.91 Å². The van der Waals surface area contributed by atoms with Crippen molar-refractivity contribution in [2.24, 2.45) is 0 Å². The van der Waals surface area contributed by atoms with E-state index in [0.717, 1.165) is 15.6 Å². The average molecular weight is 561 g/mol. The van der Waals surface area contributed by atoms with Crippen LogP contribution < -0.4 is 10.1 Å². The zero-order valence-corrected chi connectivity index (χ0v) is 20.4. The molecule has 3 rings (SSSR count). The van der Waals surface area contributed by atoms with Crippen molar-refractivity contribution in [2.75, 3.05) is 5.32 Å². The molecule has 0 saturated carbocycles. The van der Waals surface area contributed by atoms with Crippen LogP contribution in [0.25, 0.3) is 6.08 Å². The summed E-state index contributed by atoms with van der Waals surface area (Å²) in [5.41, 5.74) is 3.26. The first-order valence-corrected chi connectivity index (χ1v) is 11.2. The highest BCUT2D eigenvalue weighted by atomic mass is 79.9. The highest BCUT2D eigenvalue weighted by molar-refractivity contribution is 9.10. The molecule has 7 heteroatoms. The molecule has 1 N–H and O–H groups in total. The zero-order chi connectivity index (χ0) is 22.4. The molecule has 0 saturated heterocycles. The minimum atomic E-state index is -0.492. The number of nitrogens with zero attached hydrogens (tertiary/aromatic N) is 1. The summed E-state index contributed by atoms with van der Waals surface area (Å²) in [7, 11) is 0. The molecule has 31 heavy (non-hydrogen) atoms. The van der Waals surface area contributed by atoms with Gasteiger partial charge in [0.15, 0.2) is 5.75 Å². The molecule has 0 aromatic heterocycles. The van der Waals surface area contributed by atoms with Gasteiger partial charge in [0.2, 0.25) is 0 Å². The van der Waals surface area contributed by atoms with Gasteiger partial charge in [0.05, 0.1) is 9.50 Å². The Hall–Kier alpha value is -2.59. The summed E-state index contributed by atoms with van der Waals surface area (Å²) in [6, 6.07) is 20.5. The smallest absolute Gasteiger partial charge is 0.266 e. The second-order valence-electron chi connectivity index (χ2n) is 6.72. The standard InChI is InChI=1S/C24H17Br2ClN2O2/c1-15-2-8-20(9-3-15)29-24(30)18(13-28)10-17-11-21(26)23(22(27)12-17)31-14-16-4-6-19(25)7-5-16/h2-12H,14H2,1H3,(H,29,30)/b18-10+. The summed E-state index contributed by atoms with van der Waals surface area (Å²) >= 11 is 13.3. The van der Waals surface area contributed by atoms with Gasteiger partial charge in [0, 0.05) is 10.2 Å². The predicted octanol–water partition coefficient (Wildman–Crippen LogP) is 7.30. The number of rotatable bonds is 6. The van der Waals surface area contributed by atoms with Gasteiger partial charge in [-0.05, 0) is 76.5 Å². The van der Waals surface area contributed by atoms with E-state index in [1.165, 1.54) is 6.08 Å². The van der Waals surface area contributed by atoms with E-state index >= 15 is 0 Å². The first-order valence-electron chi connectivity index (χ1n) is 9.22. The molecule has 0 aliphatic carbocycles. The van der Waals surface area contributed by atoms with Crippen molar-refractivity contribution in [3.05, 3.63) is 96.9 Å². The SMILES string of the molecule is Cc1ccc(NC(=O)/C(C#N)=C/c2cc(Cl)c(OCc3ccc(Br)cc3)c(Br)c2)cc1. The lowest BCUT2D eigenvalue weighted by Crippen LogP contribution is -2.13. The van der Waals surface area contributed by atoms with Gasteiger partial charge in [-0.3, -0.25) is 4.79 Å². The first-order chi connectivity index (χ1) is 14.9. The van der Waals surface area contributed by atoms with Gasteiger partial charge in [0.25, 0.3) is 5.91 Å². The topological polar surface area (TPSA) is 62.1 Å². The van der Waals surface area contributed by atoms with Crippen LogP contribution in [0.3, 0.4) is 0 Å². The molecule has 0 unspecified atom stereocenters. The van der Waals surface area contributed by atoms with Crippen LogP contribution in [0.15, 0.2) is 75.2 Å². The Balaban J connectivity index is 1.76. The maximum absolute atomic E-state index is 12.5. The third-order valence-corrected chi connectivity index (χ3v) is 5.70. The number of halogens is 3. The quantitative estimate of drug-likeness (QED) is 0.254. The van der Waals surface area contributed by atoms with Gasteiger partial charge in [-0.2, -0.15) is 5.26 Å². The molecule has 156 valence electrons. The van der Waals surface area contributed by atoms with E-state index in [9.17, 15) is 10.1 Å². The Kier molecular flexibility index (Phi) is 7.91. The number of aryl methyl sites for hydroxylation is 1. The number of carbonyl (C=O) groups is 1. The molecule has 3 aromatic rings. The van der Waals surface area contributed by atoms with Crippen LogP contribution in [0.4, 0.5) is 5.69 Å². The Labute approximate surface area is 202 Å². The van der Waals surface area contributed by atoms with Gasteiger partial charge in [-0.25, -0.2) is 0 Å². The Morgan fingerprint density at radius 2 is 1.81 bits per heavy atom. The van der Waals surface area contributed by atoms with Crippen LogP contribution >= 0.6 is 43.5 Å². The zero-order valence-electron chi connectivity index (χ0n) is 16.5. The molecule has 4 nitrogen and oxygen atoms in total. The average Bonchev–Trinajstić information content (AvgIpc) is 2.74. The molecule has 0 heterocycles. The minimum absolute atomic E-state index is 0.0351. The third-order valence-electron chi connectivity index (χ3n) is 4.30. The largest absolute Gasteiger partial charge is 0.486 e. The maximum Gasteiger partial charge on any atom is 0.266 e. The van der Waals surface area contributed by atoms with Crippen LogP contribution in [0.2, 0.25) is 5.02 Å². The number of amides is 1. The van der Waals surface area contributed by atoms with E-state index in [-0.39, 0.29) is 5.57 Å². The van der Waals surface area contributed by atoms with Crippen LogP contribution in [-0.2, 0) is 11.4 Å². The fourth-order valence-corrected chi connectivity index (χ4v) is 3.94. The summed E-state index contributed by atoms with van der Waals surface area (Å²) < 4.78 is 7.47. The van der Waals surface area contributed by atoms with E-state index in [0.29, 0.717) is 33.1 Å². The molecule has 0 aliphatic heterocycles. The minimum Gasteiger partial charge on any atom is -0.486 e. The molecular weight excluding hydrogens is 544 g/mol. The van der Waals surface area contributed by atoms with Gasteiger partial charge >= 0.3 is 0 Å². The van der Waals surface area contributed by atoms with Gasteiger partial charge in [-0.15, -0.1) is 0 Å². The number of nitrogens with one attached hydrogen (secondary N) is 1. The second-order valence-corrected chi connectivity index (χ2v) is 8.90. The first kappa shape index (κ1) is 23.1.